The molecule has 0 aromatic heterocycles. The molecule has 1 fully saturated rings. The molecule has 6 heteroatoms. The predicted octanol–water partition coefficient (Wildman–Crippen LogP) is 2.93. The zero-order valence-corrected chi connectivity index (χ0v) is 14.3. The summed E-state index contributed by atoms with van der Waals surface area (Å²) in [6.45, 7) is 4.50. The molecule has 0 unspecified atom stereocenters. The van der Waals surface area contributed by atoms with Gasteiger partial charge in [-0.15, -0.1) is 0 Å². The van der Waals surface area contributed by atoms with E-state index in [1.807, 2.05) is 44.2 Å². The molecule has 24 heavy (non-hydrogen) atoms. The van der Waals surface area contributed by atoms with Gasteiger partial charge in [0, 0.05) is 0 Å². The second kappa shape index (κ2) is 7.97. The maximum atomic E-state index is 12.0. The van der Waals surface area contributed by atoms with Crippen LogP contribution in [0.1, 0.15) is 32.3 Å². The monoisotopic (exact) mass is 333 g/mol. The molecule has 0 saturated carbocycles. The lowest BCUT2D eigenvalue weighted by atomic mass is 9.92. The second-order valence-corrected chi connectivity index (χ2v) is 6.19. The van der Waals surface area contributed by atoms with Gasteiger partial charge >= 0.3 is 12.1 Å². The summed E-state index contributed by atoms with van der Waals surface area (Å²) >= 11 is 0. The third-order valence-electron chi connectivity index (χ3n) is 3.72. The Labute approximate surface area is 141 Å². The minimum absolute atomic E-state index is 0.130. The van der Waals surface area contributed by atoms with E-state index in [-0.39, 0.29) is 17.9 Å². The van der Waals surface area contributed by atoms with Crippen molar-refractivity contribution < 1.29 is 23.8 Å². The second-order valence-electron chi connectivity index (χ2n) is 6.19. The predicted molar refractivity (Wildman–Crippen MR) is 88.1 cm³/mol. The summed E-state index contributed by atoms with van der Waals surface area (Å²) in [5.74, 6) is -0.584. The third kappa shape index (κ3) is 5.09. The molecule has 1 N–H and O–H groups in total. The van der Waals surface area contributed by atoms with Crippen LogP contribution in [0, 0.1) is 0 Å². The van der Waals surface area contributed by atoms with E-state index in [1.165, 1.54) is 7.11 Å². The molecule has 6 nitrogen and oxygen atoms in total. The molecule has 0 spiro atoms. The molecule has 1 aliphatic heterocycles. The molecule has 130 valence electrons. The maximum Gasteiger partial charge on any atom is 0.412 e. The first-order valence-corrected chi connectivity index (χ1v) is 7.83. The Morgan fingerprint density at radius 3 is 2.58 bits per heavy atom. The fourth-order valence-electron chi connectivity index (χ4n) is 2.56. The number of rotatable bonds is 4. The number of esters is 1. The molecule has 0 aliphatic carbocycles. The molecule has 1 aromatic carbocycles. The lowest BCUT2D eigenvalue weighted by Gasteiger charge is -2.32. The van der Waals surface area contributed by atoms with E-state index in [0.717, 1.165) is 11.1 Å². The molecule has 0 atom stereocenters. The van der Waals surface area contributed by atoms with E-state index in [0.29, 0.717) is 19.4 Å². The van der Waals surface area contributed by atoms with Crippen molar-refractivity contribution in [2.45, 2.75) is 38.9 Å². The van der Waals surface area contributed by atoms with Crippen LogP contribution in [0.4, 0.5) is 4.79 Å². The van der Waals surface area contributed by atoms with Gasteiger partial charge in [-0.3, -0.25) is 5.32 Å². The number of amides is 1. The highest BCUT2D eigenvalue weighted by Crippen LogP contribution is 2.29. The van der Waals surface area contributed by atoms with E-state index in [1.54, 1.807) is 0 Å². The molecule has 2 rings (SSSR count). The van der Waals surface area contributed by atoms with Crippen LogP contribution in [0.2, 0.25) is 0 Å². The number of ether oxygens (including phenoxy) is 3. The van der Waals surface area contributed by atoms with Gasteiger partial charge in [0.1, 0.15) is 12.3 Å². The van der Waals surface area contributed by atoms with Gasteiger partial charge in [-0.25, -0.2) is 9.59 Å². The van der Waals surface area contributed by atoms with Crippen LogP contribution in [-0.4, -0.2) is 31.4 Å². The van der Waals surface area contributed by atoms with Gasteiger partial charge < -0.3 is 14.2 Å². The Morgan fingerprint density at radius 1 is 1.25 bits per heavy atom. The third-order valence-corrected chi connectivity index (χ3v) is 3.72. The first-order valence-electron chi connectivity index (χ1n) is 7.83. The smallest absolute Gasteiger partial charge is 0.412 e. The zero-order valence-electron chi connectivity index (χ0n) is 14.3. The number of alkyl carbamates (subject to hydrolysis) is 1. The summed E-state index contributed by atoms with van der Waals surface area (Å²) in [7, 11) is 1.28. The van der Waals surface area contributed by atoms with Crippen molar-refractivity contribution in [3.63, 3.8) is 0 Å². The fraction of sp³-hybridized carbons (Fsp3) is 0.444. The number of carbonyl (C=O) groups is 2. The molecule has 1 aliphatic rings. The summed E-state index contributed by atoms with van der Waals surface area (Å²) < 4.78 is 15.6. The summed E-state index contributed by atoms with van der Waals surface area (Å²) in [5.41, 5.74) is 1.43. The number of benzene rings is 1. The van der Waals surface area contributed by atoms with Gasteiger partial charge in [0.05, 0.1) is 19.3 Å². The molecule has 1 aromatic rings. The quantitative estimate of drug-likeness (QED) is 0.677. The van der Waals surface area contributed by atoms with Gasteiger partial charge in [-0.05, 0) is 37.8 Å². The van der Waals surface area contributed by atoms with Crippen molar-refractivity contribution in [3.8, 4) is 0 Å². The van der Waals surface area contributed by atoms with Gasteiger partial charge in [0.15, 0.2) is 0 Å². The Kier molecular flexibility index (Phi) is 5.98. The standard InChI is InChI=1S/C18H23NO5/c1-18(2)11-14(9-10-24-18)15(16(20)22-3)19-17(21)23-12-13-7-5-4-6-8-13/h4-8H,9-12H2,1-3H3,(H,19,21)/b15-14+. The minimum atomic E-state index is -0.684. The number of hydrogen-bond donors (Lipinski definition) is 1. The zero-order chi connectivity index (χ0) is 17.6. The summed E-state index contributed by atoms with van der Waals surface area (Å²) in [4.78, 5) is 24.1. The Bertz CT molecular complexity index is 622. The van der Waals surface area contributed by atoms with Crippen LogP contribution in [-0.2, 0) is 25.6 Å². The molecular weight excluding hydrogens is 310 g/mol. The van der Waals surface area contributed by atoms with Crippen LogP contribution in [0.5, 0.6) is 0 Å². The fourth-order valence-corrected chi connectivity index (χ4v) is 2.56. The van der Waals surface area contributed by atoms with E-state index >= 15 is 0 Å². The van der Waals surface area contributed by atoms with Crippen LogP contribution < -0.4 is 5.32 Å². The summed E-state index contributed by atoms with van der Waals surface area (Å²) in [5, 5.41) is 2.53. The van der Waals surface area contributed by atoms with Crippen LogP contribution >= 0.6 is 0 Å². The van der Waals surface area contributed by atoms with Crippen LogP contribution in [0.25, 0.3) is 0 Å². The van der Waals surface area contributed by atoms with E-state index in [4.69, 9.17) is 14.2 Å². The molecular formula is C18H23NO5. The lowest BCUT2D eigenvalue weighted by Crippen LogP contribution is -2.35. The Hall–Kier alpha value is -2.34. The number of carbonyl (C=O) groups excluding carboxylic acids is 2. The van der Waals surface area contributed by atoms with Crippen molar-refractivity contribution in [3.05, 3.63) is 47.2 Å². The highest BCUT2D eigenvalue weighted by atomic mass is 16.6. The van der Waals surface area contributed by atoms with Crippen molar-refractivity contribution >= 4 is 12.1 Å². The van der Waals surface area contributed by atoms with E-state index in [2.05, 4.69) is 5.32 Å². The average Bonchev–Trinajstić information content (AvgIpc) is 2.57. The lowest BCUT2D eigenvalue weighted by molar-refractivity contribution is -0.136. The number of methoxy groups -OCH3 is 1. The first-order chi connectivity index (χ1) is 11.4. The van der Waals surface area contributed by atoms with Crippen LogP contribution in [0.3, 0.4) is 0 Å². The van der Waals surface area contributed by atoms with Crippen molar-refractivity contribution in [1.29, 1.82) is 0 Å². The summed E-state index contributed by atoms with van der Waals surface area (Å²) in [6.07, 6.45) is 0.416. The number of hydrogen-bond acceptors (Lipinski definition) is 5. The highest BCUT2D eigenvalue weighted by Gasteiger charge is 2.30. The average molecular weight is 333 g/mol. The largest absolute Gasteiger partial charge is 0.464 e. The number of nitrogens with one attached hydrogen (secondary N) is 1. The van der Waals surface area contributed by atoms with Gasteiger partial charge in [-0.1, -0.05) is 30.3 Å². The SMILES string of the molecule is COC(=O)/C(NC(=O)OCc1ccccc1)=C1/CCOC(C)(C)C1. The molecule has 0 bridgehead atoms. The van der Waals surface area contributed by atoms with Crippen molar-refractivity contribution in [2.24, 2.45) is 0 Å². The first kappa shape index (κ1) is 18.0. The minimum Gasteiger partial charge on any atom is -0.464 e. The molecule has 1 heterocycles. The highest BCUT2D eigenvalue weighted by molar-refractivity contribution is 5.93. The Morgan fingerprint density at radius 2 is 1.96 bits per heavy atom. The topological polar surface area (TPSA) is 73.9 Å². The molecule has 1 amide bonds. The van der Waals surface area contributed by atoms with Crippen molar-refractivity contribution in [2.75, 3.05) is 13.7 Å². The molecule has 0 radical (unpaired) electrons. The van der Waals surface area contributed by atoms with Gasteiger partial charge in [-0.2, -0.15) is 0 Å². The van der Waals surface area contributed by atoms with E-state index in [9.17, 15) is 9.59 Å². The van der Waals surface area contributed by atoms with Crippen LogP contribution in [0.15, 0.2) is 41.6 Å². The van der Waals surface area contributed by atoms with Crippen molar-refractivity contribution in [1.82, 2.24) is 5.32 Å². The summed E-state index contributed by atoms with van der Waals surface area (Å²) in [6, 6.07) is 9.32. The van der Waals surface area contributed by atoms with Gasteiger partial charge in [0.2, 0.25) is 0 Å². The maximum absolute atomic E-state index is 12.0. The van der Waals surface area contributed by atoms with E-state index < -0.39 is 12.1 Å². The molecule has 1 saturated heterocycles. The normalized spacial score (nSPS) is 18.5. The Balaban J connectivity index is 2.06. The van der Waals surface area contributed by atoms with Gasteiger partial charge in [0.25, 0.3) is 0 Å².